The largest absolute Gasteiger partial charge is 0.348 e. The van der Waals surface area contributed by atoms with Crippen LogP contribution in [0, 0.1) is 5.82 Å². The van der Waals surface area contributed by atoms with E-state index in [9.17, 15) is 12.8 Å². The van der Waals surface area contributed by atoms with Crippen molar-refractivity contribution in [2.75, 3.05) is 48.7 Å². The SMILES string of the molecule is CCN(CC)S(=O)(=O)CCCCN1Cc2cc(Nc3ncnc4c3CCN(c3ncccc3F)C4)ccc2C(C)(C)C1. The maximum Gasteiger partial charge on any atom is 0.214 e. The van der Waals surface area contributed by atoms with Crippen LogP contribution in [0.5, 0.6) is 0 Å². The number of unbranched alkanes of at least 4 members (excludes halogenated alkanes) is 1. The van der Waals surface area contributed by atoms with Crippen molar-refractivity contribution in [3.63, 3.8) is 0 Å². The second-order valence-corrected chi connectivity index (χ2v) is 13.9. The van der Waals surface area contributed by atoms with E-state index in [0.717, 1.165) is 48.8 Å². The van der Waals surface area contributed by atoms with Crippen LogP contribution in [0.15, 0.2) is 42.9 Å². The summed E-state index contributed by atoms with van der Waals surface area (Å²) in [4.78, 5) is 17.7. The van der Waals surface area contributed by atoms with E-state index in [1.807, 2.05) is 18.7 Å². The molecule has 0 spiro atoms. The average Bonchev–Trinajstić information content (AvgIpc) is 2.95. The Hall–Kier alpha value is -3.15. The Morgan fingerprint density at radius 1 is 1.07 bits per heavy atom. The Labute approximate surface area is 249 Å². The van der Waals surface area contributed by atoms with E-state index in [1.165, 1.54) is 17.2 Å². The molecule has 1 N–H and O–H groups in total. The fraction of sp³-hybridized carbons (Fsp3) is 0.516. The van der Waals surface area contributed by atoms with Gasteiger partial charge >= 0.3 is 0 Å². The smallest absolute Gasteiger partial charge is 0.214 e. The fourth-order valence-corrected chi connectivity index (χ4v) is 7.93. The minimum absolute atomic E-state index is 0.0162. The first-order valence-electron chi connectivity index (χ1n) is 14.9. The van der Waals surface area contributed by atoms with Gasteiger partial charge in [0.25, 0.3) is 0 Å². The van der Waals surface area contributed by atoms with Gasteiger partial charge in [0.05, 0.1) is 18.0 Å². The maximum absolute atomic E-state index is 14.3. The highest BCUT2D eigenvalue weighted by molar-refractivity contribution is 7.89. The van der Waals surface area contributed by atoms with Gasteiger partial charge in [0.1, 0.15) is 12.1 Å². The second kappa shape index (κ2) is 12.6. The van der Waals surface area contributed by atoms with Gasteiger partial charge in [0, 0.05) is 55.6 Å². The molecular weight excluding hydrogens is 553 g/mol. The molecule has 0 saturated heterocycles. The number of nitrogens with one attached hydrogen (secondary N) is 1. The maximum atomic E-state index is 14.3. The molecule has 9 nitrogen and oxygen atoms in total. The van der Waals surface area contributed by atoms with Crippen molar-refractivity contribution >= 4 is 27.3 Å². The number of fused-ring (bicyclic) bond motifs is 2. The molecule has 2 aliphatic rings. The molecule has 0 saturated carbocycles. The lowest BCUT2D eigenvalue weighted by atomic mass is 9.78. The summed E-state index contributed by atoms with van der Waals surface area (Å²) in [6.07, 6.45) is 5.36. The summed E-state index contributed by atoms with van der Waals surface area (Å²) >= 11 is 0. The van der Waals surface area contributed by atoms with E-state index >= 15 is 0 Å². The number of hydrogen-bond donors (Lipinski definition) is 1. The van der Waals surface area contributed by atoms with Crippen molar-refractivity contribution in [2.45, 2.75) is 65.5 Å². The Morgan fingerprint density at radius 3 is 2.64 bits per heavy atom. The van der Waals surface area contributed by atoms with Gasteiger partial charge in [-0.25, -0.2) is 32.1 Å². The molecular formula is C31H42FN7O2S. The fourth-order valence-electron chi connectivity index (χ4n) is 6.32. The van der Waals surface area contributed by atoms with Gasteiger partial charge in [0.15, 0.2) is 11.6 Å². The highest BCUT2D eigenvalue weighted by atomic mass is 32.2. The third-order valence-electron chi connectivity index (χ3n) is 8.38. The summed E-state index contributed by atoms with van der Waals surface area (Å²) in [5.41, 5.74) is 5.48. The number of rotatable bonds is 11. The number of halogens is 1. The molecule has 0 radical (unpaired) electrons. The van der Waals surface area contributed by atoms with Crippen LogP contribution in [0.3, 0.4) is 0 Å². The topological polar surface area (TPSA) is 94.6 Å². The first-order valence-corrected chi connectivity index (χ1v) is 16.5. The molecule has 0 amide bonds. The summed E-state index contributed by atoms with van der Waals surface area (Å²) in [6, 6.07) is 9.56. The van der Waals surface area contributed by atoms with E-state index in [0.29, 0.717) is 44.8 Å². The summed E-state index contributed by atoms with van der Waals surface area (Å²) in [6.45, 7) is 13.1. The third-order valence-corrected chi connectivity index (χ3v) is 10.5. The Bertz CT molecular complexity index is 1510. The van der Waals surface area contributed by atoms with Crippen LogP contribution in [0.25, 0.3) is 0 Å². The first kappa shape index (κ1) is 30.3. The van der Waals surface area contributed by atoms with Gasteiger partial charge in [0.2, 0.25) is 10.0 Å². The molecule has 2 aromatic heterocycles. The van der Waals surface area contributed by atoms with Crippen molar-refractivity contribution in [1.29, 1.82) is 0 Å². The molecule has 0 fully saturated rings. The van der Waals surface area contributed by atoms with Crippen molar-refractivity contribution in [3.05, 3.63) is 71.1 Å². The molecule has 0 bridgehead atoms. The lowest BCUT2D eigenvalue weighted by Crippen LogP contribution is -2.42. The van der Waals surface area contributed by atoms with E-state index < -0.39 is 10.0 Å². The number of aromatic nitrogens is 3. The zero-order valence-electron chi connectivity index (χ0n) is 25.1. The summed E-state index contributed by atoms with van der Waals surface area (Å²) < 4.78 is 41.0. The standard InChI is InChI=1S/C31H42FN7O2S/c1-5-39(6-2)42(40,41)17-8-7-15-37-19-23-18-24(11-12-26(23)31(3,4)21-37)36-29-25-13-16-38(20-28(25)34-22-35-29)30-27(32)10-9-14-33-30/h9-12,14,18,22H,5-8,13,15-17,19-21H2,1-4H3,(H,34,35,36). The van der Waals surface area contributed by atoms with E-state index in [-0.39, 0.29) is 17.0 Å². The molecule has 4 heterocycles. The highest BCUT2D eigenvalue weighted by Gasteiger charge is 2.32. The molecule has 3 aromatic rings. The summed E-state index contributed by atoms with van der Waals surface area (Å²) in [5.74, 6) is 1.00. The van der Waals surface area contributed by atoms with E-state index in [1.54, 1.807) is 22.9 Å². The van der Waals surface area contributed by atoms with Crippen LogP contribution < -0.4 is 10.2 Å². The monoisotopic (exact) mass is 595 g/mol. The van der Waals surface area contributed by atoms with Gasteiger partial charge in [-0.2, -0.15) is 0 Å². The Balaban J connectivity index is 1.25. The second-order valence-electron chi connectivity index (χ2n) is 11.8. The van der Waals surface area contributed by atoms with Gasteiger partial charge in [-0.05, 0) is 61.2 Å². The molecule has 11 heteroatoms. The lowest BCUT2D eigenvalue weighted by Gasteiger charge is -2.40. The van der Waals surface area contributed by atoms with Gasteiger partial charge in [-0.3, -0.25) is 4.90 Å². The number of nitrogens with zero attached hydrogens (tertiary/aromatic N) is 6. The van der Waals surface area contributed by atoms with Crippen LogP contribution in [-0.2, 0) is 34.9 Å². The van der Waals surface area contributed by atoms with Crippen molar-refractivity contribution in [3.8, 4) is 0 Å². The molecule has 1 aromatic carbocycles. The number of pyridine rings is 1. The van der Waals surface area contributed by atoms with E-state index in [2.05, 4.69) is 57.2 Å². The Morgan fingerprint density at radius 2 is 1.88 bits per heavy atom. The zero-order valence-corrected chi connectivity index (χ0v) is 25.9. The third kappa shape index (κ3) is 6.58. The number of hydrogen-bond acceptors (Lipinski definition) is 8. The predicted octanol–water partition coefficient (Wildman–Crippen LogP) is 4.86. The molecule has 42 heavy (non-hydrogen) atoms. The van der Waals surface area contributed by atoms with Crippen molar-refractivity contribution in [2.24, 2.45) is 0 Å². The van der Waals surface area contributed by atoms with Crippen LogP contribution in [0.1, 0.15) is 62.9 Å². The summed E-state index contributed by atoms with van der Waals surface area (Å²) in [5, 5.41) is 3.53. The Kier molecular flexibility index (Phi) is 9.10. The molecule has 5 rings (SSSR count). The number of benzene rings is 1. The van der Waals surface area contributed by atoms with E-state index in [4.69, 9.17) is 0 Å². The quantitative estimate of drug-likeness (QED) is 0.314. The summed E-state index contributed by atoms with van der Waals surface area (Å²) in [7, 11) is -3.18. The van der Waals surface area contributed by atoms with Crippen LogP contribution in [0.2, 0.25) is 0 Å². The van der Waals surface area contributed by atoms with Crippen LogP contribution in [0.4, 0.5) is 21.7 Å². The first-order chi connectivity index (χ1) is 20.1. The number of anilines is 3. The van der Waals surface area contributed by atoms with Gasteiger partial charge < -0.3 is 10.2 Å². The van der Waals surface area contributed by atoms with Gasteiger partial charge in [-0.15, -0.1) is 0 Å². The molecule has 226 valence electrons. The average molecular weight is 596 g/mol. The normalized spacial score (nSPS) is 16.8. The number of sulfonamides is 1. The highest BCUT2D eigenvalue weighted by Crippen LogP contribution is 2.36. The van der Waals surface area contributed by atoms with Crippen LogP contribution in [-0.4, -0.2) is 71.1 Å². The minimum atomic E-state index is -3.18. The zero-order chi connectivity index (χ0) is 29.9. The van der Waals surface area contributed by atoms with Crippen molar-refractivity contribution in [1.82, 2.24) is 24.2 Å². The molecule has 0 unspecified atom stereocenters. The molecule has 0 aliphatic carbocycles. The minimum Gasteiger partial charge on any atom is -0.348 e. The predicted molar refractivity (Wildman–Crippen MR) is 165 cm³/mol. The lowest BCUT2D eigenvalue weighted by molar-refractivity contribution is 0.192. The molecule has 0 atom stereocenters. The van der Waals surface area contributed by atoms with Gasteiger partial charge in [-0.1, -0.05) is 33.8 Å². The molecule has 2 aliphatic heterocycles. The van der Waals surface area contributed by atoms with Crippen molar-refractivity contribution < 1.29 is 12.8 Å². The van der Waals surface area contributed by atoms with Crippen LogP contribution >= 0.6 is 0 Å².